The molecule has 1 saturated heterocycles. The minimum absolute atomic E-state index is 0.0971. The van der Waals surface area contributed by atoms with E-state index in [1.807, 2.05) is 30.3 Å². The number of ether oxygens (including phenoxy) is 1. The highest BCUT2D eigenvalue weighted by Crippen LogP contribution is 2.33. The lowest BCUT2D eigenvalue weighted by Crippen LogP contribution is -2.55. The van der Waals surface area contributed by atoms with Crippen LogP contribution in [0, 0.1) is 5.82 Å². The molecule has 1 aliphatic rings. The first-order chi connectivity index (χ1) is 16.3. The lowest BCUT2D eigenvalue weighted by molar-refractivity contribution is -0.137. The molecule has 1 N–H and O–H groups in total. The first-order valence-electron chi connectivity index (χ1n) is 11.2. The van der Waals surface area contributed by atoms with Crippen LogP contribution in [0.2, 0.25) is 0 Å². The zero-order valence-electron chi connectivity index (χ0n) is 19.4. The van der Waals surface area contributed by atoms with E-state index in [1.54, 1.807) is 38.1 Å². The average molecular weight is 463 g/mol. The van der Waals surface area contributed by atoms with E-state index in [0.29, 0.717) is 18.1 Å². The third-order valence-electron chi connectivity index (χ3n) is 5.94. The molecule has 1 aliphatic heterocycles. The van der Waals surface area contributed by atoms with Gasteiger partial charge in [0.15, 0.2) is 5.82 Å². The van der Waals surface area contributed by atoms with Gasteiger partial charge in [-0.3, -0.25) is 9.59 Å². The molecule has 0 radical (unpaired) electrons. The molecule has 2 amide bonds. The van der Waals surface area contributed by atoms with E-state index in [9.17, 15) is 14.0 Å². The van der Waals surface area contributed by atoms with Crippen LogP contribution in [0.4, 0.5) is 4.39 Å². The zero-order chi connectivity index (χ0) is 24.3. The number of benzene rings is 2. The van der Waals surface area contributed by atoms with Crippen molar-refractivity contribution in [3.8, 4) is 17.1 Å². The zero-order valence-corrected chi connectivity index (χ0v) is 19.4. The number of hydrogen-bond donors (Lipinski definition) is 1. The molecule has 1 aromatic heterocycles. The Bertz CT molecular complexity index is 1210. The Hall–Kier alpha value is -3.81. The molecule has 176 valence electrons. The van der Waals surface area contributed by atoms with Crippen LogP contribution in [0.3, 0.4) is 0 Å². The van der Waals surface area contributed by atoms with Gasteiger partial charge in [0, 0.05) is 18.3 Å². The summed E-state index contributed by atoms with van der Waals surface area (Å²) >= 11 is 0. The highest BCUT2D eigenvalue weighted by Gasteiger charge is 2.40. The fourth-order valence-corrected chi connectivity index (χ4v) is 4.19. The van der Waals surface area contributed by atoms with Crippen LogP contribution in [0.25, 0.3) is 11.4 Å². The van der Waals surface area contributed by atoms with E-state index in [4.69, 9.17) is 9.72 Å². The molecular weight excluding hydrogens is 435 g/mol. The number of nitrogens with one attached hydrogen (secondary N) is 1. The third kappa shape index (κ3) is 4.76. The second-order valence-corrected chi connectivity index (χ2v) is 8.75. The molecule has 2 heterocycles. The van der Waals surface area contributed by atoms with Gasteiger partial charge in [-0.05, 0) is 57.0 Å². The molecule has 7 nitrogen and oxygen atoms in total. The van der Waals surface area contributed by atoms with Crippen molar-refractivity contribution in [2.24, 2.45) is 0 Å². The van der Waals surface area contributed by atoms with Crippen molar-refractivity contribution in [3.63, 3.8) is 0 Å². The molecule has 0 bridgehead atoms. The molecule has 2 aromatic carbocycles. The van der Waals surface area contributed by atoms with Crippen LogP contribution in [-0.2, 0) is 4.79 Å². The summed E-state index contributed by atoms with van der Waals surface area (Å²) in [5.74, 6) is -0.261. The van der Waals surface area contributed by atoms with Gasteiger partial charge >= 0.3 is 0 Å². The quantitative estimate of drug-likeness (QED) is 0.595. The number of rotatable bonds is 6. The minimum atomic E-state index is -1.23. The van der Waals surface area contributed by atoms with Crippen LogP contribution in [-0.4, -0.2) is 45.9 Å². The number of amides is 2. The van der Waals surface area contributed by atoms with E-state index in [0.717, 1.165) is 24.1 Å². The van der Waals surface area contributed by atoms with Gasteiger partial charge in [-0.1, -0.05) is 24.3 Å². The van der Waals surface area contributed by atoms with Crippen LogP contribution >= 0.6 is 0 Å². The fraction of sp³-hybridized carbons (Fsp3) is 0.308. The molecule has 4 rings (SSSR count). The third-order valence-corrected chi connectivity index (χ3v) is 5.94. The number of nitrogens with zero attached hydrogens (tertiary/aromatic N) is 3. The summed E-state index contributed by atoms with van der Waals surface area (Å²) in [6.07, 6.45) is 3.24. The largest absolute Gasteiger partial charge is 0.497 e. The van der Waals surface area contributed by atoms with E-state index < -0.39 is 17.3 Å². The van der Waals surface area contributed by atoms with Crippen LogP contribution < -0.4 is 10.1 Å². The van der Waals surface area contributed by atoms with Gasteiger partial charge in [-0.2, -0.15) is 0 Å². The minimum Gasteiger partial charge on any atom is -0.497 e. The maximum atomic E-state index is 14.0. The van der Waals surface area contributed by atoms with E-state index in [1.165, 1.54) is 18.2 Å². The Labute approximate surface area is 198 Å². The van der Waals surface area contributed by atoms with Crippen molar-refractivity contribution in [2.75, 3.05) is 13.7 Å². The summed E-state index contributed by atoms with van der Waals surface area (Å²) in [5.41, 5.74) is 0.217. The van der Waals surface area contributed by atoms with E-state index >= 15 is 0 Å². The van der Waals surface area contributed by atoms with Crippen LogP contribution in [0.15, 0.2) is 60.8 Å². The predicted molar refractivity (Wildman–Crippen MR) is 126 cm³/mol. The lowest BCUT2D eigenvalue weighted by Gasteiger charge is -2.33. The molecule has 1 fully saturated rings. The van der Waals surface area contributed by atoms with Gasteiger partial charge in [0.1, 0.15) is 17.1 Å². The Morgan fingerprint density at radius 2 is 1.94 bits per heavy atom. The number of halogens is 1. The Kier molecular flexibility index (Phi) is 6.58. The van der Waals surface area contributed by atoms with Gasteiger partial charge in [0.2, 0.25) is 5.91 Å². The van der Waals surface area contributed by atoms with Crippen molar-refractivity contribution >= 4 is 11.8 Å². The highest BCUT2D eigenvalue weighted by molar-refractivity contribution is 5.99. The second kappa shape index (κ2) is 9.59. The molecule has 3 aromatic rings. The van der Waals surface area contributed by atoms with Crippen molar-refractivity contribution < 1.29 is 18.7 Å². The first kappa shape index (κ1) is 23.4. The van der Waals surface area contributed by atoms with Gasteiger partial charge < -0.3 is 15.0 Å². The number of likely N-dealkylation sites (tertiary alicyclic amines) is 1. The van der Waals surface area contributed by atoms with Crippen molar-refractivity contribution in [2.45, 2.75) is 38.3 Å². The predicted octanol–water partition coefficient (Wildman–Crippen LogP) is 4.16. The summed E-state index contributed by atoms with van der Waals surface area (Å²) < 4.78 is 19.3. The Morgan fingerprint density at radius 3 is 2.71 bits per heavy atom. The maximum Gasteiger partial charge on any atom is 0.255 e. The number of carbonyl (C=O) groups excluding carboxylic acids is 2. The molecule has 0 spiro atoms. The molecule has 0 saturated carbocycles. The van der Waals surface area contributed by atoms with E-state index in [2.05, 4.69) is 10.3 Å². The van der Waals surface area contributed by atoms with Gasteiger partial charge in [0.05, 0.1) is 24.4 Å². The highest BCUT2D eigenvalue weighted by atomic mass is 19.1. The summed E-state index contributed by atoms with van der Waals surface area (Å²) in [5, 5.41) is 2.70. The lowest BCUT2D eigenvalue weighted by atomic mass is 10.0. The van der Waals surface area contributed by atoms with Gasteiger partial charge in [-0.25, -0.2) is 14.4 Å². The van der Waals surface area contributed by atoms with Crippen LogP contribution in [0.1, 0.15) is 48.8 Å². The van der Waals surface area contributed by atoms with Crippen molar-refractivity contribution in [1.29, 1.82) is 0 Å². The summed E-state index contributed by atoms with van der Waals surface area (Å²) in [6, 6.07) is 14.8. The van der Waals surface area contributed by atoms with Crippen molar-refractivity contribution in [1.82, 2.24) is 20.2 Å². The SMILES string of the molecule is COc1cccc(-c2nccc(C3CCCN3C(=O)C(C)(C)NC(=O)c3ccccc3F)n2)c1. The van der Waals surface area contributed by atoms with Crippen LogP contribution in [0.5, 0.6) is 5.75 Å². The summed E-state index contributed by atoms with van der Waals surface area (Å²) in [7, 11) is 1.60. The molecule has 1 atom stereocenters. The molecule has 1 unspecified atom stereocenters. The number of carbonyl (C=O) groups is 2. The smallest absolute Gasteiger partial charge is 0.255 e. The molecule has 8 heteroatoms. The molecular formula is C26H27FN4O3. The van der Waals surface area contributed by atoms with Gasteiger partial charge in [0.25, 0.3) is 5.91 Å². The Balaban J connectivity index is 1.55. The van der Waals surface area contributed by atoms with Crippen molar-refractivity contribution in [3.05, 3.63) is 77.9 Å². The molecule has 0 aliphatic carbocycles. The summed E-state index contributed by atoms with van der Waals surface area (Å²) in [6.45, 7) is 3.80. The number of aromatic nitrogens is 2. The second-order valence-electron chi connectivity index (χ2n) is 8.75. The van der Waals surface area contributed by atoms with Gasteiger partial charge in [-0.15, -0.1) is 0 Å². The van der Waals surface area contributed by atoms with E-state index in [-0.39, 0.29) is 17.5 Å². The molecule has 34 heavy (non-hydrogen) atoms. The average Bonchev–Trinajstić information content (AvgIpc) is 3.33. The monoisotopic (exact) mass is 462 g/mol. The topological polar surface area (TPSA) is 84.4 Å². The first-order valence-corrected chi connectivity index (χ1v) is 11.2. The number of hydrogen-bond acceptors (Lipinski definition) is 5. The summed E-state index contributed by atoms with van der Waals surface area (Å²) in [4.78, 5) is 37.0. The fourth-order valence-electron chi connectivity index (χ4n) is 4.19. The normalized spacial score (nSPS) is 15.8. The standard InChI is InChI=1S/C26H27FN4O3/c1-26(2,30-24(32)19-10-4-5-11-20(19)27)25(33)31-15-7-12-22(31)21-13-14-28-23(29-21)17-8-6-9-18(16-17)34-3/h4-6,8-11,13-14,16,22H,7,12,15H2,1-3H3,(H,30,32). The maximum absolute atomic E-state index is 14.0. The number of methoxy groups -OCH3 is 1. The Morgan fingerprint density at radius 1 is 1.15 bits per heavy atom.